The van der Waals surface area contributed by atoms with Crippen LogP contribution >= 0.6 is 34.3 Å². The summed E-state index contributed by atoms with van der Waals surface area (Å²) in [7, 11) is 0. The van der Waals surface area contributed by atoms with Crippen molar-refractivity contribution in [3.8, 4) is 0 Å². The number of thiazole rings is 1. The summed E-state index contributed by atoms with van der Waals surface area (Å²) in [6, 6.07) is 26.1. The van der Waals surface area contributed by atoms with Crippen molar-refractivity contribution in [3.05, 3.63) is 94.8 Å². The first-order valence-electron chi connectivity index (χ1n) is 10.2. The van der Waals surface area contributed by atoms with E-state index in [1.165, 1.54) is 0 Å². The van der Waals surface area contributed by atoms with Crippen LogP contribution in [-0.2, 0) is 0 Å². The molecule has 0 atom stereocenters. The van der Waals surface area contributed by atoms with Gasteiger partial charge in [-0.15, -0.1) is 32.9 Å². The Bertz CT molecular complexity index is 1560. The number of para-hydroxylation sites is 1. The zero-order valence-electron chi connectivity index (χ0n) is 17.1. The van der Waals surface area contributed by atoms with E-state index in [4.69, 9.17) is 16.7 Å². The minimum atomic E-state index is 0.694. The molecular weight excluding hydrogens is 470 g/mol. The van der Waals surface area contributed by atoms with Gasteiger partial charge in [-0.05, 0) is 66.0 Å². The van der Waals surface area contributed by atoms with Crippen molar-refractivity contribution in [2.75, 3.05) is 10.2 Å². The van der Waals surface area contributed by atoms with E-state index in [0.29, 0.717) is 10.8 Å². The molecule has 3 aromatic heterocycles. The number of fused-ring (bicyclic) bond motifs is 2. The van der Waals surface area contributed by atoms with Crippen molar-refractivity contribution in [2.24, 2.45) is 0 Å². The lowest BCUT2D eigenvalue weighted by molar-refractivity contribution is 1.03. The first-order valence-corrected chi connectivity index (χ1v) is 12.3. The second-order valence-electron chi connectivity index (χ2n) is 7.34. The Labute approximate surface area is 202 Å². The molecule has 0 aliphatic carbocycles. The fraction of sp³-hybridized carbons (Fsp3) is 0. The van der Waals surface area contributed by atoms with Gasteiger partial charge in [-0.25, -0.2) is 4.98 Å². The molecule has 3 heterocycles. The van der Waals surface area contributed by atoms with Gasteiger partial charge in [0.2, 0.25) is 0 Å². The molecule has 0 aliphatic rings. The monoisotopic (exact) mass is 485 g/mol. The standard InChI is InChI=1S/C25H16ClN5S2/c26-16-6-8-17(9-7-16)28-24-20-12-13-32-23(20)25(30-29-24)31(18-4-2-1-3-5-18)19-10-11-21-22(14-19)33-15-27-21/h1-15H,(H,28,29). The molecule has 0 unspecified atom stereocenters. The molecule has 6 aromatic rings. The number of thiophene rings is 1. The van der Waals surface area contributed by atoms with Crippen molar-refractivity contribution in [2.45, 2.75) is 0 Å². The van der Waals surface area contributed by atoms with Crippen LogP contribution in [0.15, 0.2) is 89.8 Å². The largest absolute Gasteiger partial charge is 0.338 e. The summed E-state index contributed by atoms with van der Waals surface area (Å²) in [5.74, 6) is 1.50. The molecule has 0 saturated heterocycles. The van der Waals surface area contributed by atoms with E-state index in [2.05, 4.69) is 56.0 Å². The molecule has 0 amide bonds. The van der Waals surface area contributed by atoms with Gasteiger partial charge in [-0.2, -0.15) is 0 Å². The molecule has 0 radical (unpaired) electrons. The normalized spacial score (nSPS) is 11.2. The summed E-state index contributed by atoms with van der Waals surface area (Å²) in [4.78, 5) is 6.57. The summed E-state index contributed by atoms with van der Waals surface area (Å²) < 4.78 is 2.18. The number of nitrogens with one attached hydrogen (secondary N) is 1. The topological polar surface area (TPSA) is 53.9 Å². The first kappa shape index (κ1) is 20.1. The second kappa shape index (κ2) is 8.44. The van der Waals surface area contributed by atoms with Crippen LogP contribution < -0.4 is 10.2 Å². The first-order chi connectivity index (χ1) is 16.3. The molecule has 0 bridgehead atoms. The number of anilines is 5. The molecule has 0 aliphatic heterocycles. The van der Waals surface area contributed by atoms with Crippen molar-refractivity contribution >= 4 is 83.3 Å². The predicted octanol–water partition coefficient (Wildman–Crippen LogP) is 8.17. The number of hydrogen-bond donors (Lipinski definition) is 1. The molecule has 0 spiro atoms. The van der Waals surface area contributed by atoms with E-state index in [-0.39, 0.29) is 0 Å². The number of benzene rings is 3. The van der Waals surface area contributed by atoms with E-state index in [9.17, 15) is 0 Å². The van der Waals surface area contributed by atoms with Gasteiger partial charge in [-0.1, -0.05) is 29.8 Å². The van der Waals surface area contributed by atoms with Crippen LogP contribution in [-0.4, -0.2) is 15.2 Å². The minimum Gasteiger partial charge on any atom is -0.338 e. The summed E-state index contributed by atoms with van der Waals surface area (Å²) in [6.45, 7) is 0. The maximum atomic E-state index is 6.03. The van der Waals surface area contributed by atoms with Gasteiger partial charge in [0.15, 0.2) is 11.6 Å². The maximum Gasteiger partial charge on any atom is 0.178 e. The van der Waals surface area contributed by atoms with Crippen LogP contribution in [0.25, 0.3) is 20.3 Å². The predicted molar refractivity (Wildman–Crippen MR) is 140 cm³/mol. The Morgan fingerprint density at radius 1 is 0.818 bits per heavy atom. The lowest BCUT2D eigenvalue weighted by Crippen LogP contribution is -2.13. The molecule has 5 nitrogen and oxygen atoms in total. The van der Waals surface area contributed by atoms with Crippen LogP contribution in [0.1, 0.15) is 0 Å². The van der Waals surface area contributed by atoms with Crippen molar-refractivity contribution in [1.82, 2.24) is 15.2 Å². The fourth-order valence-corrected chi connectivity index (χ4v) is 5.43. The Morgan fingerprint density at radius 2 is 1.67 bits per heavy atom. The number of halogens is 1. The quantitative estimate of drug-likeness (QED) is 0.267. The highest BCUT2D eigenvalue weighted by Gasteiger charge is 2.20. The lowest BCUT2D eigenvalue weighted by Gasteiger charge is -2.24. The molecule has 3 aromatic carbocycles. The van der Waals surface area contributed by atoms with Crippen LogP contribution in [0, 0.1) is 0 Å². The highest BCUT2D eigenvalue weighted by molar-refractivity contribution is 7.18. The number of nitrogens with zero attached hydrogens (tertiary/aromatic N) is 4. The summed E-state index contributed by atoms with van der Waals surface area (Å²) in [6.07, 6.45) is 0. The summed E-state index contributed by atoms with van der Waals surface area (Å²) >= 11 is 9.31. The van der Waals surface area contributed by atoms with E-state index in [1.807, 2.05) is 54.0 Å². The Hall–Kier alpha value is -3.52. The van der Waals surface area contributed by atoms with Gasteiger partial charge >= 0.3 is 0 Å². The van der Waals surface area contributed by atoms with Gasteiger partial charge in [-0.3, -0.25) is 4.90 Å². The van der Waals surface area contributed by atoms with Crippen LogP contribution in [0.2, 0.25) is 5.02 Å². The van der Waals surface area contributed by atoms with E-state index in [0.717, 1.165) is 43.2 Å². The molecule has 33 heavy (non-hydrogen) atoms. The van der Waals surface area contributed by atoms with E-state index >= 15 is 0 Å². The fourth-order valence-electron chi connectivity index (χ4n) is 3.73. The third-order valence-electron chi connectivity index (χ3n) is 5.27. The Morgan fingerprint density at radius 3 is 2.52 bits per heavy atom. The van der Waals surface area contributed by atoms with Gasteiger partial charge < -0.3 is 5.32 Å². The second-order valence-corrected chi connectivity index (χ2v) is 9.58. The van der Waals surface area contributed by atoms with Gasteiger partial charge in [0.25, 0.3) is 0 Å². The van der Waals surface area contributed by atoms with Gasteiger partial charge in [0, 0.05) is 27.5 Å². The zero-order valence-corrected chi connectivity index (χ0v) is 19.5. The van der Waals surface area contributed by atoms with E-state index < -0.39 is 0 Å². The average Bonchev–Trinajstić information content (AvgIpc) is 3.52. The SMILES string of the molecule is Clc1ccc(Nc2nnc(N(c3ccccc3)c3ccc4ncsc4c3)c3sccc23)cc1. The molecule has 0 saturated carbocycles. The molecule has 0 fully saturated rings. The lowest BCUT2D eigenvalue weighted by atomic mass is 10.2. The zero-order chi connectivity index (χ0) is 22.2. The average molecular weight is 486 g/mol. The third-order valence-corrected chi connectivity index (χ3v) is 7.23. The number of rotatable bonds is 5. The molecular formula is C25H16ClN5S2. The Balaban J connectivity index is 1.50. The maximum absolute atomic E-state index is 6.03. The Kier molecular flexibility index (Phi) is 5.14. The van der Waals surface area contributed by atoms with Crippen molar-refractivity contribution in [1.29, 1.82) is 0 Å². The van der Waals surface area contributed by atoms with Crippen LogP contribution in [0.3, 0.4) is 0 Å². The van der Waals surface area contributed by atoms with Crippen LogP contribution in [0.5, 0.6) is 0 Å². The highest BCUT2D eigenvalue weighted by atomic mass is 35.5. The molecule has 8 heteroatoms. The smallest absolute Gasteiger partial charge is 0.178 e. The third kappa shape index (κ3) is 3.80. The van der Waals surface area contributed by atoms with Gasteiger partial charge in [0.1, 0.15) is 0 Å². The molecule has 1 N–H and O–H groups in total. The van der Waals surface area contributed by atoms with E-state index in [1.54, 1.807) is 22.7 Å². The van der Waals surface area contributed by atoms with Crippen LogP contribution in [0.4, 0.5) is 28.7 Å². The molecule has 160 valence electrons. The highest BCUT2D eigenvalue weighted by Crippen LogP contribution is 2.41. The summed E-state index contributed by atoms with van der Waals surface area (Å²) in [5.41, 5.74) is 5.80. The summed E-state index contributed by atoms with van der Waals surface area (Å²) in [5, 5.41) is 16.4. The number of hydrogen-bond acceptors (Lipinski definition) is 7. The van der Waals surface area contributed by atoms with Gasteiger partial charge in [0.05, 0.1) is 20.4 Å². The van der Waals surface area contributed by atoms with Crippen molar-refractivity contribution in [3.63, 3.8) is 0 Å². The molecule has 6 rings (SSSR count). The number of aromatic nitrogens is 3. The van der Waals surface area contributed by atoms with Crippen molar-refractivity contribution < 1.29 is 0 Å². The minimum absolute atomic E-state index is 0.694.